The number of rotatable bonds is 5. The zero-order valence-electron chi connectivity index (χ0n) is 11.2. The number of hydrogen-bond donors (Lipinski definition) is 1. The van der Waals surface area contributed by atoms with Crippen molar-refractivity contribution in [2.24, 2.45) is 0 Å². The maximum absolute atomic E-state index is 11.3. The second-order valence-corrected chi connectivity index (χ2v) is 4.99. The van der Waals surface area contributed by atoms with Crippen LogP contribution in [0.1, 0.15) is 18.9 Å². The SMILES string of the molecule is CC1OC[C@@H](CCO)N(Cc2ccccc2)C1C=O. The van der Waals surface area contributed by atoms with E-state index in [1.807, 2.05) is 25.1 Å². The molecule has 4 heteroatoms. The summed E-state index contributed by atoms with van der Waals surface area (Å²) in [5, 5.41) is 9.16. The molecule has 0 saturated carbocycles. The van der Waals surface area contributed by atoms with Crippen molar-refractivity contribution in [2.45, 2.75) is 38.1 Å². The third-order valence-corrected chi connectivity index (χ3v) is 3.69. The standard InChI is InChI=1S/C15H21NO3/c1-12-15(10-18)16(14(7-8-17)11-19-12)9-13-5-3-2-4-6-13/h2-6,10,12,14-15,17H,7-9,11H2,1H3/t12?,14-,15?/m1/s1. The van der Waals surface area contributed by atoms with Crippen LogP contribution >= 0.6 is 0 Å². The van der Waals surface area contributed by atoms with Gasteiger partial charge in [-0.1, -0.05) is 30.3 Å². The Bertz CT molecular complexity index is 396. The fraction of sp³-hybridized carbons (Fsp3) is 0.533. The van der Waals surface area contributed by atoms with Crippen LogP contribution in [0.25, 0.3) is 0 Å². The molecule has 1 heterocycles. The van der Waals surface area contributed by atoms with Crippen molar-refractivity contribution >= 4 is 6.29 Å². The Balaban J connectivity index is 2.15. The van der Waals surface area contributed by atoms with Crippen LogP contribution < -0.4 is 0 Å². The monoisotopic (exact) mass is 263 g/mol. The summed E-state index contributed by atoms with van der Waals surface area (Å²) in [6.45, 7) is 3.31. The predicted octanol–water partition coefficient (Wildman–Crippen LogP) is 1.23. The smallest absolute Gasteiger partial charge is 0.139 e. The number of aldehydes is 1. The van der Waals surface area contributed by atoms with Gasteiger partial charge in [-0.2, -0.15) is 0 Å². The van der Waals surface area contributed by atoms with Crippen molar-refractivity contribution in [1.29, 1.82) is 0 Å². The van der Waals surface area contributed by atoms with Gasteiger partial charge in [0.15, 0.2) is 0 Å². The molecule has 0 spiro atoms. The normalized spacial score (nSPS) is 28.2. The lowest BCUT2D eigenvalue weighted by atomic mass is 10.0. The van der Waals surface area contributed by atoms with Gasteiger partial charge in [-0.05, 0) is 18.9 Å². The van der Waals surface area contributed by atoms with Gasteiger partial charge in [0, 0.05) is 19.2 Å². The van der Waals surface area contributed by atoms with E-state index < -0.39 is 0 Å². The van der Waals surface area contributed by atoms with Crippen molar-refractivity contribution in [1.82, 2.24) is 4.90 Å². The number of aliphatic hydroxyl groups is 1. The van der Waals surface area contributed by atoms with Crippen LogP contribution in [0.2, 0.25) is 0 Å². The molecular weight excluding hydrogens is 242 g/mol. The lowest BCUT2D eigenvalue weighted by molar-refractivity contribution is -0.135. The molecule has 0 amide bonds. The zero-order chi connectivity index (χ0) is 13.7. The van der Waals surface area contributed by atoms with Crippen LogP contribution in [0.3, 0.4) is 0 Å². The number of carbonyl (C=O) groups is 1. The highest BCUT2D eigenvalue weighted by Gasteiger charge is 2.35. The first-order chi connectivity index (χ1) is 9.26. The van der Waals surface area contributed by atoms with Gasteiger partial charge in [-0.25, -0.2) is 0 Å². The highest BCUT2D eigenvalue weighted by Crippen LogP contribution is 2.22. The van der Waals surface area contributed by atoms with E-state index in [4.69, 9.17) is 9.84 Å². The maximum atomic E-state index is 11.3. The Morgan fingerprint density at radius 2 is 2.16 bits per heavy atom. The number of nitrogens with zero attached hydrogens (tertiary/aromatic N) is 1. The average Bonchev–Trinajstić information content (AvgIpc) is 2.43. The van der Waals surface area contributed by atoms with Crippen molar-refractivity contribution in [2.75, 3.05) is 13.2 Å². The first kappa shape index (κ1) is 14.2. The molecule has 0 bridgehead atoms. The van der Waals surface area contributed by atoms with Gasteiger partial charge < -0.3 is 14.6 Å². The summed E-state index contributed by atoms with van der Waals surface area (Å²) in [5.74, 6) is 0. The Morgan fingerprint density at radius 1 is 1.42 bits per heavy atom. The summed E-state index contributed by atoms with van der Waals surface area (Å²) in [4.78, 5) is 13.5. The first-order valence-electron chi connectivity index (χ1n) is 6.73. The summed E-state index contributed by atoms with van der Waals surface area (Å²) < 4.78 is 5.63. The maximum Gasteiger partial charge on any atom is 0.139 e. The molecule has 104 valence electrons. The minimum Gasteiger partial charge on any atom is -0.396 e. The van der Waals surface area contributed by atoms with Crippen molar-refractivity contribution < 1.29 is 14.6 Å². The van der Waals surface area contributed by atoms with Crippen LogP contribution in [-0.4, -0.2) is 47.7 Å². The van der Waals surface area contributed by atoms with Gasteiger partial charge in [0.1, 0.15) is 6.29 Å². The molecule has 0 aliphatic carbocycles. The van der Waals surface area contributed by atoms with E-state index in [-0.39, 0.29) is 24.8 Å². The van der Waals surface area contributed by atoms with E-state index in [1.54, 1.807) is 0 Å². The Labute approximate surface area is 114 Å². The number of aliphatic hydroxyl groups excluding tert-OH is 1. The lowest BCUT2D eigenvalue weighted by Gasteiger charge is -2.43. The summed E-state index contributed by atoms with van der Waals surface area (Å²) >= 11 is 0. The molecule has 1 aliphatic heterocycles. The molecule has 1 aromatic carbocycles. The third kappa shape index (κ3) is 3.41. The van der Waals surface area contributed by atoms with E-state index >= 15 is 0 Å². The van der Waals surface area contributed by atoms with Gasteiger partial charge in [-0.3, -0.25) is 4.90 Å². The minimum atomic E-state index is -0.245. The molecule has 1 saturated heterocycles. The minimum absolute atomic E-state index is 0.0941. The molecule has 19 heavy (non-hydrogen) atoms. The molecule has 0 aromatic heterocycles. The number of hydrogen-bond acceptors (Lipinski definition) is 4. The summed E-state index contributed by atoms with van der Waals surface area (Å²) in [7, 11) is 0. The van der Waals surface area contributed by atoms with Crippen molar-refractivity contribution in [3.05, 3.63) is 35.9 Å². The Morgan fingerprint density at radius 3 is 2.79 bits per heavy atom. The first-order valence-corrected chi connectivity index (χ1v) is 6.73. The molecule has 1 fully saturated rings. The molecule has 1 aliphatic rings. The topological polar surface area (TPSA) is 49.8 Å². The number of benzene rings is 1. The van der Waals surface area contributed by atoms with Gasteiger partial charge >= 0.3 is 0 Å². The molecule has 3 atom stereocenters. The van der Waals surface area contributed by atoms with E-state index in [0.29, 0.717) is 19.6 Å². The zero-order valence-corrected chi connectivity index (χ0v) is 11.2. The van der Waals surface area contributed by atoms with Crippen LogP contribution in [0, 0.1) is 0 Å². The summed E-state index contributed by atoms with van der Waals surface area (Å²) in [5.41, 5.74) is 1.17. The average molecular weight is 263 g/mol. The van der Waals surface area contributed by atoms with Crippen LogP contribution in [-0.2, 0) is 16.1 Å². The number of morpholine rings is 1. The lowest BCUT2D eigenvalue weighted by Crippen LogP contribution is -2.56. The number of ether oxygens (including phenoxy) is 1. The van der Waals surface area contributed by atoms with Gasteiger partial charge in [0.25, 0.3) is 0 Å². The molecule has 1 aromatic rings. The van der Waals surface area contributed by atoms with Gasteiger partial charge in [0.2, 0.25) is 0 Å². The van der Waals surface area contributed by atoms with E-state index in [1.165, 1.54) is 5.56 Å². The highest BCUT2D eigenvalue weighted by molar-refractivity contribution is 5.59. The molecule has 0 radical (unpaired) electrons. The van der Waals surface area contributed by atoms with E-state index in [9.17, 15) is 4.79 Å². The quantitative estimate of drug-likeness (QED) is 0.812. The molecule has 2 rings (SSSR count). The fourth-order valence-electron chi connectivity index (χ4n) is 2.59. The molecular formula is C15H21NO3. The summed E-state index contributed by atoms with van der Waals surface area (Å²) in [6, 6.07) is 9.93. The van der Waals surface area contributed by atoms with Crippen LogP contribution in [0.5, 0.6) is 0 Å². The second kappa shape index (κ2) is 6.80. The highest BCUT2D eigenvalue weighted by atomic mass is 16.5. The number of carbonyl (C=O) groups excluding carboxylic acids is 1. The van der Waals surface area contributed by atoms with Gasteiger partial charge in [-0.15, -0.1) is 0 Å². The largest absolute Gasteiger partial charge is 0.396 e. The summed E-state index contributed by atoms with van der Waals surface area (Å²) in [6.07, 6.45) is 1.48. The second-order valence-electron chi connectivity index (χ2n) is 4.99. The van der Waals surface area contributed by atoms with Gasteiger partial charge in [0.05, 0.1) is 18.8 Å². The molecule has 1 N–H and O–H groups in total. The molecule has 4 nitrogen and oxygen atoms in total. The Hall–Kier alpha value is -1.23. The van der Waals surface area contributed by atoms with Crippen molar-refractivity contribution in [3.8, 4) is 0 Å². The van der Waals surface area contributed by atoms with Crippen LogP contribution in [0.4, 0.5) is 0 Å². The predicted molar refractivity (Wildman–Crippen MR) is 72.7 cm³/mol. The third-order valence-electron chi connectivity index (χ3n) is 3.69. The van der Waals surface area contributed by atoms with E-state index in [2.05, 4.69) is 17.0 Å². The molecule has 2 unspecified atom stereocenters. The van der Waals surface area contributed by atoms with E-state index in [0.717, 1.165) is 6.29 Å². The Kier molecular flexibility index (Phi) is 5.07. The van der Waals surface area contributed by atoms with Crippen LogP contribution in [0.15, 0.2) is 30.3 Å². The fourth-order valence-corrected chi connectivity index (χ4v) is 2.59. The van der Waals surface area contributed by atoms with Crippen molar-refractivity contribution in [3.63, 3.8) is 0 Å².